The third-order valence-electron chi connectivity index (χ3n) is 3.70. The topological polar surface area (TPSA) is 44.4 Å². The quantitative estimate of drug-likeness (QED) is 0.760. The molecule has 0 aromatic heterocycles. The zero-order valence-corrected chi connectivity index (χ0v) is 12.1. The summed E-state index contributed by atoms with van der Waals surface area (Å²) in [5.74, 6) is 1.02. The van der Waals surface area contributed by atoms with Crippen molar-refractivity contribution >= 4 is 18.3 Å². The number of nitrogens with one attached hydrogen (secondary N) is 2. The normalized spacial score (nSPS) is 21.4. The Labute approximate surface area is 116 Å². The van der Waals surface area contributed by atoms with Crippen molar-refractivity contribution in [3.8, 4) is 0 Å². The van der Waals surface area contributed by atoms with Crippen molar-refractivity contribution in [1.82, 2.24) is 15.5 Å². The number of halogens is 1. The monoisotopic (exact) mass is 275 g/mol. The molecule has 1 saturated carbocycles. The highest BCUT2D eigenvalue weighted by molar-refractivity contribution is 5.85. The van der Waals surface area contributed by atoms with E-state index in [-0.39, 0.29) is 18.3 Å². The van der Waals surface area contributed by atoms with Gasteiger partial charge in [-0.1, -0.05) is 6.92 Å². The van der Waals surface area contributed by atoms with Crippen LogP contribution in [0.5, 0.6) is 0 Å². The lowest BCUT2D eigenvalue weighted by atomic mass is 9.97. The maximum absolute atomic E-state index is 11.7. The van der Waals surface area contributed by atoms with Gasteiger partial charge in [-0.05, 0) is 57.8 Å². The number of carbonyl (C=O) groups excluding carboxylic acids is 1. The molecule has 4 nitrogen and oxygen atoms in total. The van der Waals surface area contributed by atoms with E-state index >= 15 is 0 Å². The van der Waals surface area contributed by atoms with Gasteiger partial charge in [-0.2, -0.15) is 0 Å². The number of carbonyl (C=O) groups is 1. The largest absolute Gasteiger partial charge is 0.352 e. The van der Waals surface area contributed by atoms with Gasteiger partial charge in [-0.3, -0.25) is 9.69 Å². The van der Waals surface area contributed by atoms with E-state index in [4.69, 9.17) is 0 Å². The van der Waals surface area contributed by atoms with Crippen molar-refractivity contribution in [2.24, 2.45) is 5.92 Å². The number of likely N-dealkylation sites (tertiary alicyclic amines) is 1. The molecular formula is C13H26ClN3O. The van der Waals surface area contributed by atoms with E-state index in [0.29, 0.717) is 12.6 Å². The Morgan fingerprint density at radius 2 is 1.89 bits per heavy atom. The summed E-state index contributed by atoms with van der Waals surface area (Å²) >= 11 is 0. The van der Waals surface area contributed by atoms with Crippen LogP contribution in [0.4, 0.5) is 0 Å². The van der Waals surface area contributed by atoms with Gasteiger partial charge in [-0.15, -0.1) is 12.4 Å². The van der Waals surface area contributed by atoms with Crippen LogP contribution in [0, 0.1) is 5.92 Å². The third-order valence-corrected chi connectivity index (χ3v) is 3.70. The Hall–Kier alpha value is -0.320. The number of rotatable bonds is 6. The second-order valence-electron chi connectivity index (χ2n) is 5.37. The molecule has 1 amide bonds. The molecule has 1 aliphatic heterocycles. The van der Waals surface area contributed by atoms with E-state index in [2.05, 4.69) is 22.5 Å². The van der Waals surface area contributed by atoms with Gasteiger partial charge in [0, 0.05) is 6.04 Å². The number of piperidine rings is 1. The molecule has 0 spiro atoms. The van der Waals surface area contributed by atoms with Gasteiger partial charge in [0.2, 0.25) is 5.91 Å². The summed E-state index contributed by atoms with van der Waals surface area (Å²) in [7, 11) is 0. The highest BCUT2D eigenvalue weighted by Crippen LogP contribution is 2.19. The van der Waals surface area contributed by atoms with Crippen LogP contribution in [0.15, 0.2) is 0 Å². The van der Waals surface area contributed by atoms with E-state index in [1.807, 2.05) is 0 Å². The standard InChI is InChI=1S/C13H25N3O.ClH/c1-2-14-9-11-5-7-16(8-6-11)10-13(17)15-12-3-4-12;/h11-12,14H,2-10H2,1H3,(H,15,17);1H. The average Bonchev–Trinajstić information content (AvgIpc) is 3.12. The predicted octanol–water partition coefficient (Wildman–Crippen LogP) is 1.01. The van der Waals surface area contributed by atoms with Gasteiger partial charge in [0.15, 0.2) is 0 Å². The van der Waals surface area contributed by atoms with Crippen molar-refractivity contribution < 1.29 is 4.79 Å². The fourth-order valence-corrected chi connectivity index (χ4v) is 2.40. The second-order valence-corrected chi connectivity index (χ2v) is 5.37. The van der Waals surface area contributed by atoms with Gasteiger partial charge in [-0.25, -0.2) is 0 Å². The van der Waals surface area contributed by atoms with E-state index in [1.165, 1.54) is 25.7 Å². The fourth-order valence-electron chi connectivity index (χ4n) is 2.40. The van der Waals surface area contributed by atoms with Crippen LogP contribution in [0.2, 0.25) is 0 Å². The minimum atomic E-state index is 0. The Morgan fingerprint density at radius 1 is 1.22 bits per heavy atom. The van der Waals surface area contributed by atoms with Gasteiger partial charge in [0.25, 0.3) is 0 Å². The molecule has 1 heterocycles. The van der Waals surface area contributed by atoms with Crippen LogP contribution in [-0.4, -0.2) is 49.6 Å². The molecule has 0 radical (unpaired) electrons. The van der Waals surface area contributed by atoms with Crippen molar-refractivity contribution in [3.05, 3.63) is 0 Å². The number of nitrogens with zero attached hydrogens (tertiary/aromatic N) is 1. The summed E-state index contributed by atoms with van der Waals surface area (Å²) in [5.41, 5.74) is 0. The molecule has 2 fully saturated rings. The molecule has 106 valence electrons. The van der Waals surface area contributed by atoms with Crippen molar-refractivity contribution in [3.63, 3.8) is 0 Å². The molecule has 2 rings (SSSR count). The van der Waals surface area contributed by atoms with Crippen LogP contribution >= 0.6 is 12.4 Å². The number of hydrogen-bond acceptors (Lipinski definition) is 3. The first-order chi connectivity index (χ1) is 8.28. The lowest BCUT2D eigenvalue weighted by Gasteiger charge is -2.31. The molecule has 2 aliphatic rings. The lowest BCUT2D eigenvalue weighted by Crippen LogP contribution is -2.43. The summed E-state index contributed by atoms with van der Waals surface area (Å²) in [6, 6.07) is 0.494. The molecule has 1 aliphatic carbocycles. The van der Waals surface area contributed by atoms with E-state index in [0.717, 1.165) is 32.1 Å². The summed E-state index contributed by atoms with van der Waals surface area (Å²) in [6.07, 6.45) is 4.81. The van der Waals surface area contributed by atoms with E-state index < -0.39 is 0 Å². The molecule has 0 aromatic carbocycles. The summed E-state index contributed by atoms with van der Waals surface area (Å²) in [4.78, 5) is 13.9. The molecule has 0 atom stereocenters. The Morgan fingerprint density at radius 3 is 2.44 bits per heavy atom. The molecule has 1 saturated heterocycles. The molecule has 18 heavy (non-hydrogen) atoms. The molecule has 5 heteroatoms. The zero-order valence-electron chi connectivity index (χ0n) is 11.3. The fraction of sp³-hybridized carbons (Fsp3) is 0.923. The van der Waals surface area contributed by atoms with Crippen LogP contribution in [0.25, 0.3) is 0 Å². The van der Waals surface area contributed by atoms with Crippen LogP contribution in [-0.2, 0) is 4.79 Å². The Balaban J connectivity index is 0.00000162. The molecule has 0 bridgehead atoms. The predicted molar refractivity (Wildman–Crippen MR) is 76.1 cm³/mol. The lowest BCUT2D eigenvalue weighted by molar-refractivity contribution is -0.122. The Bertz CT molecular complexity index is 251. The molecular weight excluding hydrogens is 250 g/mol. The number of hydrogen-bond donors (Lipinski definition) is 2. The summed E-state index contributed by atoms with van der Waals surface area (Å²) < 4.78 is 0. The van der Waals surface area contributed by atoms with E-state index in [1.54, 1.807) is 0 Å². The van der Waals surface area contributed by atoms with Crippen LogP contribution in [0.3, 0.4) is 0 Å². The second kappa shape index (κ2) is 7.97. The first kappa shape index (κ1) is 15.7. The van der Waals surface area contributed by atoms with Crippen LogP contribution < -0.4 is 10.6 Å². The highest BCUT2D eigenvalue weighted by Gasteiger charge is 2.25. The minimum Gasteiger partial charge on any atom is -0.352 e. The minimum absolute atomic E-state index is 0. The average molecular weight is 276 g/mol. The maximum atomic E-state index is 11.7. The molecule has 2 N–H and O–H groups in total. The summed E-state index contributed by atoms with van der Waals surface area (Å²) in [5, 5.41) is 6.46. The van der Waals surface area contributed by atoms with Gasteiger partial charge in [0.1, 0.15) is 0 Å². The Kier molecular flexibility index (Phi) is 6.97. The first-order valence-corrected chi connectivity index (χ1v) is 7.00. The smallest absolute Gasteiger partial charge is 0.234 e. The van der Waals surface area contributed by atoms with Crippen LogP contribution in [0.1, 0.15) is 32.6 Å². The highest BCUT2D eigenvalue weighted by atomic mass is 35.5. The van der Waals surface area contributed by atoms with Gasteiger partial charge < -0.3 is 10.6 Å². The zero-order chi connectivity index (χ0) is 12.1. The van der Waals surface area contributed by atoms with Crippen molar-refractivity contribution in [2.75, 3.05) is 32.7 Å². The van der Waals surface area contributed by atoms with Crippen molar-refractivity contribution in [2.45, 2.75) is 38.6 Å². The number of amides is 1. The first-order valence-electron chi connectivity index (χ1n) is 7.00. The molecule has 0 aromatic rings. The summed E-state index contributed by atoms with van der Waals surface area (Å²) in [6.45, 7) is 7.10. The van der Waals surface area contributed by atoms with Gasteiger partial charge >= 0.3 is 0 Å². The maximum Gasteiger partial charge on any atom is 0.234 e. The van der Waals surface area contributed by atoms with Crippen molar-refractivity contribution in [1.29, 1.82) is 0 Å². The van der Waals surface area contributed by atoms with E-state index in [9.17, 15) is 4.79 Å². The third kappa shape index (κ3) is 5.55. The molecule has 0 unspecified atom stereocenters. The SMILES string of the molecule is CCNCC1CCN(CC(=O)NC2CC2)CC1.Cl. The van der Waals surface area contributed by atoms with Gasteiger partial charge in [0.05, 0.1) is 6.54 Å².